The lowest BCUT2D eigenvalue weighted by molar-refractivity contribution is -0.141. The van der Waals surface area contributed by atoms with Crippen LogP contribution in [0.15, 0.2) is 41.9 Å². The third-order valence-electron chi connectivity index (χ3n) is 2.96. The van der Waals surface area contributed by atoms with Gasteiger partial charge in [0.2, 0.25) is 0 Å². The fourth-order valence-electron chi connectivity index (χ4n) is 1.93. The van der Waals surface area contributed by atoms with Gasteiger partial charge in [0.25, 0.3) is 0 Å². The molecule has 0 amide bonds. The van der Waals surface area contributed by atoms with Gasteiger partial charge in [-0.25, -0.2) is 4.98 Å². The lowest BCUT2D eigenvalue weighted by Gasteiger charge is -2.12. The Morgan fingerprint density at radius 3 is 2.71 bits per heavy atom. The number of pyridine rings is 1. The van der Waals surface area contributed by atoms with E-state index in [-0.39, 0.29) is 11.4 Å². The van der Waals surface area contributed by atoms with Crippen LogP contribution in [0.4, 0.5) is 30.2 Å². The monoisotopic (exact) mass is 309 g/mol. The summed E-state index contributed by atoms with van der Waals surface area (Å²) in [4.78, 5) is 3.31. The SMILES string of the molecule is Nc1cnc(C(F)(F)F)cc1Nc1ccc2sccc2c1. The molecule has 3 nitrogen and oxygen atoms in total. The van der Waals surface area contributed by atoms with Gasteiger partial charge in [-0.15, -0.1) is 11.3 Å². The molecule has 3 rings (SSSR count). The molecule has 3 aromatic rings. The average Bonchev–Trinajstić information content (AvgIpc) is 2.87. The third kappa shape index (κ3) is 2.78. The van der Waals surface area contributed by atoms with Gasteiger partial charge in [-0.3, -0.25) is 0 Å². The molecule has 21 heavy (non-hydrogen) atoms. The molecule has 0 radical (unpaired) electrons. The number of hydrogen-bond donors (Lipinski definition) is 2. The summed E-state index contributed by atoms with van der Waals surface area (Å²) in [5.74, 6) is 0. The Labute approximate surface area is 122 Å². The van der Waals surface area contributed by atoms with Gasteiger partial charge in [0.15, 0.2) is 0 Å². The Kier molecular flexibility index (Phi) is 3.21. The minimum Gasteiger partial charge on any atom is -0.396 e. The van der Waals surface area contributed by atoms with Gasteiger partial charge in [0, 0.05) is 10.4 Å². The van der Waals surface area contributed by atoms with Crippen LogP contribution in [-0.4, -0.2) is 4.98 Å². The van der Waals surface area contributed by atoms with Crippen molar-refractivity contribution in [2.24, 2.45) is 0 Å². The Hall–Kier alpha value is -2.28. The van der Waals surface area contributed by atoms with Crippen LogP contribution in [-0.2, 0) is 6.18 Å². The molecule has 7 heteroatoms. The zero-order valence-corrected chi connectivity index (χ0v) is 11.4. The van der Waals surface area contributed by atoms with Gasteiger partial charge < -0.3 is 11.1 Å². The van der Waals surface area contributed by atoms with E-state index in [1.807, 2.05) is 23.6 Å². The molecule has 2 aromatic heterocycles. The molecule has 0 bridgehead atoms. The largest absolute Gasteiger partial charge is 0.433 e. The maximum atomic E-state index is 12.7. The number of anilines is 3. The quantitative estimate of drug-likeness (QED) is 0.725. The first-order valence-corrected chi connectivity index (χ1v) is 6.88. The number of nitrogens with zero attached hydrogens (tertiary/aromatic N) is 1. The Balaban J connectivity index is 1.96. The normalized spacial score (nSPS) is 11.8. The molecule has 0 unspecified atom stereocenters. The summed E-state index contributed by atoms with van der Waals surface area (Å²) in [5, 5.41) is 5.88. The highest BCUT2D eigenvalue weighted by atomic mass is 32.1. The van der Waals surface area contributed by atoms with Crippen molar-refractivity contribution in [2.45, 2.75) is 6.18 Å². The van der Waals surface area contributed by atoms with E-state index < -0.39 is 11.9 Å². The summed E-state index contributed by atoms with van der Waals surface area (Å²) >= 11 is 1.60. The van der Waals surface area contributed by atoms with Gasteiger partial charge in [-0.05, 0) is 41.1 Å². The number of thiophene rings is 1. The zero-order valence-electron chi connectivity index (χ0n) is 10.6. The summed E-state index contributed by atoms with van der Waals surface area (Å²) in [6.07, 6.45) is -3.49. The van der Waals surface area contributed by atoms with Gasteiger partial charge >= 0.3 is 6.18 Å². The Morgan fingerprint density at radius 2 is 1.95 bits per heavy atom. The van der Waals surface area contributed by atoms with E-state index in [1.165, 1.54) is 0 Å². The maximum Gasteiger partial charge on any atom is 0.433 e. The smallest absolute Gasteiger partial charge is 0.396 e. The van der Waals surface area contributed by atoms with E-state index >= 15 is 0 Å². The number of alkyl halides is 3. The van der Waals surface area contributed by atoms with Crippen molar-refractivity contribution in [1.82, 2.24) is 4.98 Å². The molecule has 0 aliphatic carbocycles. The standard InChI is InChI=1S/C14H10F3N3S/c15-14(16,17)13-6-11(10(18)7-19-13)20-9-1-2-12-8(5-9)3-4-21-12/h1-7H,18H2,(H,19,20). The molecule has 1 aromatic carbocycles. The number of nitrogens with one attached hydrogen (secondary N) is 1. The zero-order chi connectivity index (χ0) is 15.0. The fourth-order valence-corrected chi connectivity index (χ4v) is 2.70. The van der Waals surface area contributed by atoms with E-state index in [0.29, 0.717) is 5.69 Å². The Bertz CT molecular complexity index is 796. The molecule has 2 heterocycles. The van der Waals surface area contributed by atoms with Crippen molar-refractivity contribution in [2.75, 3.05) is 11.1 Å². The average molecular weight is 309 g/mol. The molecule has 0 aliphatic rings. The molecule has 0 saturated carbocycles. The molecule has 0 atom stereocenters. The van der Waals surface area contributed by atoms with Crippen LogP contribution in [0.25, 0.3) is 10.1 Å². The van der Waals surface area contributed by atoms with Crippen LogP contribution < -0.4 is 11.1 Å². The summed E-state index contributed by atoms with van der Waals surface area (Å²) in [6.45, 7) is 0. The number of nitrogens with two attached hydrogens (primary N) is 1. The second-order valence-electron chi connectivity index (χ2n) is 4.45. The summed E-state index contributed by atoms with van der Waals surface area (Å²) in [7, 11) is 0. The van der Waals surface area contributed by atoms with Crippen LogP contribution >= 0.6 is 11.3 Å². The minimum atomic E-state index is -4.50. The van der Waals surface area contributed by atoms with Gasteiger partial charge in [-0.2, -0.15) is 13.2 Å². The van der Waals surface area contributed by atoms with Crippen molar-refractivity contribution >= 4 is 38.5 Å². The summed E-state index contributed by atoms with van der Waals surface area (Å²) < 4.78 is 39.1. The predicted octanol–water partition coefficient (Wildman–Crippen LogP) is 4.64. The highest BCUT2D eigenvalue weighted by molar-refractivity contribution is 7.17. The topological polar surface area (TPSA) is 50.9 Å². The Morgan fingerprint density at radius 1 is 1.14 bits per heavy atom. The van der Waals surface area contributed by atoms with Crippen molar-refractivity contribution < 1.29 is 13.2 Å². The predicted molar refractivity (Wildman–Crippen MR) is 78.8 cm³/mol. The first-order valence-electron chi connectivity index (χ1n) is 6.00. The molecule has 0 fully saturated rings. The van der Waals surface area contributed by atoms with Gasteiger partial charge in [-0.1, -0.05) is 0 Å². The van der Waals surface area contributed by atoms with Crippen LogP contribution in [0.3, 0.4) is 0 Å². The second kappa shape index (κ2) is 4.92. The fraction of sp³-hybridized carbons (Fsp3) is 0.0714. The van der Waals surface area contributed by atoms with E-state index in [2.05, 4.69) is 10.3 Å². The molecule has 0 spiro atoms. The highest BCUT2D eigenvalue weighted by Gasteiger charge is 2.32. The summed E-state index contributed by atoms with van der Waals surface area (Å²) in [5.41, 5.74) is 5.73. The van der Waals surface area contributed by atoms with Crippen molar-refractivity contribution in [3.63, 3.8) is 0 Å². The molecule has 3 N–H and O–H groups in total. The number of benzene rings is 1. The minimum absolute atomic E-state index is 0.161. The summed E-state index contributed by atoms with van der Waals surface area (Å²) in [6, 6.07) is 8.42. The molecular weight excluding hydrogens is 299 g/mol. The van der Waals surface area contributed by atoms with Crippen LogP contribution in [0.2, 0.25) is 0 Å². The third-order valence-corrected chi connectivity index (χ3v) is 3.85. The lowest BCUT2D eigenvalue weighted by Crippen LogP contribution is -2.09. The molecule has 0 saturated heterocycles. The van der Waals surface area contributed by atoms with Crippen molar-refractivity contribution in [3.05, 3.63) is 47.6 Å². The first-order chi connectivity index (χ1) is 9.93. The van der Waals surface area contributed by atoms with E-state index in [9.17, 15) is 13.2 Å². The highest BCUT2D eigenvalue weighted by Crippen LogP contribution is 2.33. The first kappa shape index (κ1) is 13.7. The van der Waals surface area contributed by atoms with E-state index in [1.54, 1.807) is 17.4 Å². The molecule has 0 aliphatic heterocycles. The second-order valence-corrected chi connectivity index (χ2v) is 5.40. The number of halogens is 3. The number of rotatable bonds is 2. The van der Waals surface area contributed by atoms with Gasteiger partial charge in [0.05, 0.1) is 17.6 Å². The maximum absolute atomic E-state index is 12.7. The number of hydrogen-bond acceptors (Lipinski definition) is 4. The van der Waals surface area contributed by atoms with E-state index in [4.69, 9.17) is 5.73 Å². The lowest BCUT2D eigenvalue weighted by atomic mass is 10.2. The number of fused-ring (bicyclic) bond motifs is 1. The molecule has 108 valence electrons. The molecular formula is C14H10F3N3S. The van der Waals surface area contributed by atoms with Crippen LogP contribution in [0.5, 0.6) is 0 Å². The van der Waals surface area contributed by atoms with Crippen molar-refractivity contribution in [1.29, 1.82) is 0 Å². The van der Waals surface area contributed by atoms with Gasteiger partial charge in [0.1, 0.15) is 5.69 Å². The van der Waals surface area contributed by atoms with Crippen LogP contribution in [0.1, 0.15) is 5.69 Å². The van der Waals surface area contributed by atoms with Crippen LogP contribution in [0, 0.1) is 0 Å². The van der Waals surface area contributed by atoms with E-state index in [0.717, 1.165) is 22.3 Å². The number of nitrogen functional groups attached to an aromatic ring is 1. The number of aromatic nitrogens is 1. The van der Waals surface area contributed by atoms with Crippen molar-refractivity contribution in [3.8, 4) is 0 Å².